The number of aromatic nitrogens is 3. The lowest BCUT2D eigenvalue weighted by Crippen LogP contribution is -2.02. The summed E-state index contributed by atoms with van der Waals surface area (Å²) in [5, 5.41) is 0. The summed E-state index contributed by atoms with van der Waals surface area (Å²) < 4.78 is 2.13. The molecule has 0 unspecified atom stereocenters. The van der Waals surface area contributed by atoms with Crippen molar-refractivity contribution in [2.24, 2.45) is 5.73 Å². The molecule has 20 heavy (non-hydrogen) atoms. The van der Waals surface area contributed by atoms with Gasteiger partial charge in [-0.1, -0.05) is 6.07 Å². The largest absolute Gasteiger partial charge is 0.326 e. The average molecular weight is 266 g/mol. The highest BCUT2D eigenvalue weighted by atomic mass is 15.0. The maximum Gasteiger partial charge on any atom is 0.0962 e. The van der Waals surface area contributed by atoms with E-state index in [9.17, 15) is 0 Å². The van der Waals surface area contributed by atoms with E-state index in [0.717, 1.165) is 28.8 Å². The van der Waals surface area contributed by atoms with Crippen LogP contribution in [0.5, 0.6) is 0 Å². The van der Waals surface area contributed by atoms with Gasteiger partial charge in [-0.15, -0.1) is 0 Å². The Hall–Kier alpha value is -2.20. The van der Waals surface area contributed by atoms with Gasteiger partial charge in [0.15, 0.2) is 0 Å². The van der Waals surface area contributed by atoms with Crippen molar-refractivity contribution in [3.05, 3.63) is 59.2 Å². The van der Waals surface area contributed by atoms with Crippen molar-refractivity contribution >= 4 is 11.0 Å². The molecule has 3 aromatic rings. The van der Waals surface area contributed by atoms with Gasteiger partial charge in [-0.05, 0) is 48.7 Å². The molecule has 0 aliphatic carbocycles. The molecule has 0 aliphatic rings. The Kier molecular flexibility index (Phi) is 3.24. The average Bonchev–Trinajstić information content (AvgIpc) is 2.83. The topological polar surface area (TPSA) is 56.7 Å². The Morgan fingerprint density at radius 1 is 1.10 bits per heavy atom. The quantitative estimate of drug-likeness (QED) is 0.792. The minimum absolute atomic E-state index is 0.528. The lowest BCUT2D eigenvalue weighted by Gasteiger charge is -2.06. The second kappa shape index (κ2) is 5.06. The maximum atomic E-state index is 5.59. The van der Waals surface area contributed by atoms with Crippen LogP contribution < -0.4 is 5.73 Å². The molecule has 0 bridgehead atoms. The number of nitrogens with zero attached hydrogens (tertiary/aromatic N) is 3. The van der Waals surface area contributed by atoms with Gasteiger partial charge in [0.25, 0.3) is 0 Å². The molecule has 0 saturated heterocycles. The lowest BCUT2D eigenvalue weighted by atomic mass is 10.1. The smallest absolute Gasteiger partial charge is 0.0962 e. The molecule has 0 atom stereocenters. The highest BCUT2D eigenvalue weighted by molar-refractivity contribution is 5.77. The molecule has 0 saturated carbocycles. The van der Waals surface area contributed by atoms with Crippen LogP contribution in [-0.2, 0) is 13.1 Å². The normalized spacial score (nSPS) is 11.2. The summed E-state index contributed by atoms with van der Waals surface area (Å²) >= 11 is 0. The number of hydrogen-bond donors (Lipinski definition) is 1. The fourth-order valence-electron chi connectivity index (χ4n) is 2.28. The molecule has 0 radical (unpaired) electrons. The van der Waals surface area contributed by atoms with E-state index in [4.69, 9.17) is 5.73 Å². The number of fused-ring (bicyclic) bond motifs is 1. The van der Waals surface area contributed by atoms with Crippen LogP contribution in [0.3, 0.4) is 0 Å². The zero-order chi connectivity index (χ0) is 14.1. The summed E-state index contributed by atoms with van der Waals surface area (Å²) in [7, 11) is 0. The van der Waals surface area contributed by atoms with Crippen LogP contribution in [-0.4, -0.2) is 14.5 Å². The second-order valence-electron chi connectivity index (χ2n) is 5.16. The van der Waals surface area contributed by atoms with E-state index >= 15 is 0 Å². The van der Waals surface area contributed by atoms with Crippen LogP contribution in [0.1, 0.15) is 22.4 Å². The maximum absolute atomic E-state index is 5.59. The summed E-state index contributed by atoms with van der Waals surface area (Å²) in [6.45, 7) is 5.49. The molecule has 4 nitrogen and oxygen atoms in total. The van der Waals surface area contributed by atoms with Gasteiger partial charge < -0.3 is 10.3 Å². The predicted octanol–water partition coefficient (Wildman–Crippen LogP) is 2.56. The van der Waals surface area contributed by atoms with Crippen LogP contribution in [0, 0.1) is 13.8 Å². The van der Waals surface area contributed by atoms with Crippen LogP contribution in [0.4, 0.5) is 0 Å². The first-order valence-electron chi connectivity index (χ1n) is 6.73. The summed E-state index contributed by atoms with van der Waals surface area (Å²) in [6.07, 6.45) is 3.71. The van der Waals surface area contributed by atoms with E-state index in [1.54, 1.807) is 0 Å². The van der Waals surface area contributed by atoms with E-state index in [-0.39, 0.29) is 0 Å². The van der Waals surface area contributed by atoms with Gasteiger partial charge in [0.2, 0.25) is 0 Å². The Morgan fingerprint density at radius 2 is 1.90 bits per heavy atom. The molecular formula is C16H18N4. The Balaban J connectivity index is 1.95. The zero-order valence-corrected chi connectivity index (χ0v) is 11.8. The molecule has 4 heteroatoms. The fraction of sp³-hybridized carbons (Fsp3) is 0.250. The molecule has 102 valence electrons. The third kappa shape index (κ3) is 2.30. The number of pyridine rings is 1. The third-order valence-corrected chi connectivity index (χ3v) is 3.69. The summed E-state index contributed by atoms with van der Waals surface area (Å²) in [6, 6.07) is 8.37. The molecule has 1 aromatic carbocycles. The van der Waals surface area contributed by atoms with Crippen molar-refractivity contribution in [3.8, 4) is 0 Å². The third-order valence-electron chi connectivity index (χ3n) is 3.69. The van der Waals surface area contributed by atoms with E-state index < -0.39 is 0 Å². The monoisotopic (exact) mass is 266 g/mol. The number of aryl methyl sites for hydroxylation is 2. The van der Waals surface area contributed by atoms with Crippen LogP contribution >= 0.6 is 0 Å². The summed E-state index contributed by atoms with van der Waals surface area (Å²) in [5.74, 6) is 0. The summed E-state index contributed by atoms with van der Waals surface area (Å²) in [4.78, 5) is 8.91. The molecule has 0 fully saturated rings. The fourth-order valence-corrected chi connectivity index (χ4v) is 2.28. The van der Waals surface area contributed by atoms with Crippen molar-refractivity contribution in [2.45, 2.75) is 26.9 Å². The molecule has 0 amide bonds. The first kappa shape index (κ1) is 12.8. The SMILES string of the molecule is Cc1cc2ncn(Cc3ccc(CN)cn3)c2cc1C. The molecule has 2 aromatic heterocycles. The Bertz CT molecular complexity index is 741. The van der Waals surface area contributed by atoms with E-state index in [2.05, 4.69) is 40.5 Å². The minimum Gasteiger partial charge on any atom is -0.326 e. The first-order valence-corrected chi connectivity index (χ1v) is 6.73. The van der Waals surface area contributed by atoms with Gasteiger partial charge in [0.1, 0.15) is 0 Å². The van der Waals surface area contributed by atoms with E-state index in [1.165, 1.54) is 11.1 Å². The first-order chi connectivity index (χ1) is 9.67. The van der Waals surface area contributed by atoms with Crippen molar-refractivity contribution in [1.29, 1.82) is 0 Å². The number of imidazole rings is 1. The van der Waals surface area contributed by atoms with Crippen molar-refractivity contribution in [2.75, 3.05) is 0 Å². The number of rotatable bonds is 3. The second-order valence-corrected chi connectivity index (χ2v) is 5.16. The van der Waals surface area contributed by atoms with Crippen LogP contribution in [0.15, 0.2) is 36.8 Å². The number of nitrogens with two attached hydrogens (primary N) is 1. The van der Waals surface area contributed by atoms with Gasteiger partial charge in [0.05, 0.1) is 29.6 Å². The van der Waals surface area contributed by atoms with Crippen LogP contribution in [0.25, 0.3) is 11.0 Å². The molecule has 2 heterocycles. The minimum atomic E-state index is 0.528. The standard InChI is InChI=1S/C16H18N4/c1-11-5-15-16(6-12(11)2)20(10-19-15)9-14-4-3-13(7-17)8-18-14/h3-6,8,10H,7,9,17H2,1-2H3. The van der Waals surface area contributed by atoms with Crippen molar-refractivity contribution < 1.29 is 0 Å². The highest BCUT2D eigenvalue weighted by Crippen LogP contribution is 2.19. The van der Waals surface area contributed by atoms with Gasteiger partial charge in [-0.3, -0.25) is 4.98 Å². The predicted molar refractivity (Wildman–Crippen MR) is 80.4 cm³/mol. The zero-order valence-electron chi connectivity index (χ0n) is 11.8. The molecule has 0 spiro atoms. The molecular weight excluding hydrogens is 248 g/mol. The molecule has 3 rings (SSSR count). The molecule has 0 aliphatic heterocycles. The Labute approximate surface area is 118 Å². The van der Waals surface area contributed by atoms with Gasteiger partial charge in [-0.2, -0.15) is 0 Å². The van der Waals surface area contributed by atoms with Crippen LogP contribution in [0.2, 0.25) is 0 Å². The highest BCUT2D eigenvalue weighted by Gasteiger charge is 2.06. The number of hydrogen-bond acceptors (Lipinski definition) is 3. The molecule has 2 N–H and O–H groups in total. The van der Waals surface area contributed by atoms with Gasteiger partial charge in [-0.25, -0.2) is 4.98 Å². The van der Waals surface area contributed by atoms with Crippen molar-refractivity contribution in [3.63, 3.8) is 0 Å². The van der Waals surface area contributed by atoms with Crippen molar-refractivity contribution in [1.82, 2.24) is 14.5 Å². The van der Waals surface area contributed by atoms with E-state index in [0.29, 0.717) is 6.54 Å². The summed E-state index contributed by atoms with van der Waals surface area (Å²) in [5.41, 5.74) is 12.4. The number of benzene rings is 1. The van der Waals surface area contributed by atoms with Gasteiger partial charge in [0, 0.05) is 12.7 Å². The van der Waals surface area contributed by atoms with E-state index in [1.807, 2.05) is 24.7 Å². The Morgan fingerprint density at radius 3 is 2.60 bits per heavy atom. The lowest BCUT2D eigenvalue weighted by molar-refractivity contribution is 0.794. The van der Waals surface area contributed by atoms with Gasteiger partial charge >= 0.3 is 0 Å².